The highest BCUT2D eigenvalue weighted by atomic mass is 16.8. The highest BCUT2D eigenvalue weighted by Gasteiger charge is 2.65. The molecule has 0 radical (unpaired) electrons. The van der Waals surface area contributed by atoms with Crippen LogP contribution in [0.5, 0.6) is 17.2 Å². The number of aryl methyl sites for hydroxylation is 2. The molecule has 11 heteroatoms. The largest absolute Gasteiger partial charge is 0.459 e. The van der Waals surface area contributed by atoms with Crippen LogP contribution in [0.2, 0.25) is 0 Å². The predicted molar refractivity (Wildman–Crippen MR) is 266 cm³/mol. The van der Waals surface area contributed by atoms with Gasteiger partial charge in [0, 0.05) is 44.1 Å². The van der Waals surface area contributed by atoms with Crippen molar-refractivity contribution in [3.63, 3.8) is 0 Å². The van der Waals surface area contributed by atoms with Crippen molar-refractivity contribution in [3.8, 4) is 17.2 Å². The Bertz CT molecular complexity index is 1890. The first-order valence-corrected chi connectivity index (χ1v) is 26.3. The van der Waals surface area contributed by atoms with E-state index < -0.39 is 24.0 Å². The second-order valence-corrected chi connectivity index (χ2v) is 19.5. The monoisotopic (exact) mass is 929 g/mol. The van der Waals surface area contributed by atoms with E-state index >= 15 is 0 Å². The molecule has 2 N–H and O–H groups in total. The van der Waals surface area contributed by atoms with E-state index in [1.807, 2.05) is 23.1 Å². The minimum atomic E-state index is -1.36. The molecule has 372 valence electrons. The molecule has 11 nitrogen and oxygen atoms in total. The summed E-state index contributed by atoms with van der Waals surface area (Å²) >= 11 is 0. The highest BCUT2D eigenvalue weighted by Crippen LogP contribution is 2.62. The van der Waals surface area contributed by atoms with Crippen LogP contribution in [0.15, 0.2) is 65.9 Å². The number of ether oxygens (including phenoxy) is 5. The Labute approximate surface area is 402 Å². The normalized spacial score (nSPS) is 24.8. The van der Waals surface area contributed by atoms with Crippen LogP contribution < -0.4 is 9.47 Å². The van der Waals surface area contributed by atoms with Crippen LogP contribution in [0.3, 0.4) is 0 Å². The van der Waals surface area contributed by atoms with Crippen molar-refractivity contribution in [2.45, 2.75) is 187 Å². The molecule has 1 saturated heterocycles. The molecule has 7 atom stereocenters. The minimum absolute atomic E-state index is 0.0933. The summed E-state index contributed by atoms with van der Waals surface area (Å²) in [5.74, 6) is 0.407. The summed E-state index contributed by atoms with van der Waals surface area (Å²) in [6.07, 6.45) is 23.8. The molecule has 0 bridgehead atoms. The number of hydrogen-bond donors (Lipinski definition) is 2. The summed E-state index contributed by atoms with van der Waals surface area (Å²) in [6, 6.07) is 11.6. The lowest BCUT2D eigenvalue weighted by Gasteiger charge is -2.60. The number of aliphatic hydroxyl groups is 2. The van der Waals surface area contributed by atoms with Crippen LogP contribution in [0.4, 0.5) is 4.79 Å². The molecule has 4 aliphatic rings. The molecule has 0 aromatic heterocycles. The van der Waals surface area contributed by atoms with Crippen molar-refractivity contribution in [1.29, 1.82) is 0 Å². The quantitative estimate of drug-likeness (QED) is 0.0465. The summed E-state index contributed by atoms with van der Waals surface area (Å²) in [6.45, 7) is 14.5. The van der Waals surface area contributed by atoms with Gasteiger partial charge in [0.15, 0.2) is 0 Å². The molecular formula is C56H84N2O9. The van der Waals surface area contributed by atoms with E-state index in [2.05, 4.69) is 58.5 Å². The molecule has 2 aromatic rings. The van der Waals surface area contributed by atoms with E-state index in [1.54, 1.807) is 6.08 Å². The van der Waals surface area contributed by atoms with E-state index in [4.69, 9.17) is 33.7 Å². The maximum atomic E-state index is 14.7. The lowest BCUT2D eigenvalue weighted by molar-refractivity contribution is -0.255. The average molecular weight is 929 g/mol. The van der Waals surface area contributed by atoms with Gasteiger partial charge in [-0.05, 0) is 124 Å². The fourth-order valence-electron chi connectivity index (χ4n) is 11.0. The Kier molecular flexibility index (Phi) is 21.4. The second-order valence-electron chi connectivity index (χ2n) is 19.5. The van der Waals surface area contributed by atoms with E-state index in [0.717, 1.165) is 92.4 Å². The molecule has 67 heavy (non-hydrogen) atoms. The number of allylic oxidation sites excluding steroid dienone is 1. The smallest absolute Gasteiger partial charge is 0.410 e. The number of aliphatic hydroxyl groups excluding tert-OH is 2. The molecule has 6 rings (SSSR count). The van der Waals surface area contributed by atoms with Crippen LogP contribution in [0.1, 0.15) is 171 Å². The van der Waals surface area contributed by atoms with Gasteiger partial charge in [-0.3, -0.25) is 4.90 Å². The van der Waals surface area contributed by atoms with Gasteiger partial charge in [0.2, 0.25) is 12.1 Å². The Balaban J connectivity index is 1.42. The van der Waals surface area contributed by atoms with E-state index in [1.165, 1.54) is 50.5 Å². The van der Waals surface area contributed by atoms with Gasteiger partial charge in [-0.15, -0.1) is 6.58 Å². The first-order valence-electron chi connectivity index (χ1n) is 26.3. The molecule has 2 fully saturated rings. The fourth-order valence-corrected chi connectivity index (χ4v) is 11.0. The third kappa shape index (κ3) is 13.9. The predicted octanol–water partition coefficient (Wildman–Crippen LogP) is 13.0. The van der Waals surface area contributed by atoms with Gasteiger partial charge in [-0.2, -0.15) is 0 Å². The minimum Gasteiger partial charge on any atom is -0.459 e. The number of carbonyl (C=O) groups is 1. The maximum absolute atomic E-state index is 14.7. The summed E-state index contributed by atoms with van der Waals surface area (Å²) in [4.78, 5) is 22.9. The van der Waals surface area contributed by atoms with E-state index in [-0.39, 0.29) is 43.7 Å². The summed E-state index contributed by atoms with van der Waals surface area (Å²) in [5.41, 5.74) is 5.11. The van der Waals surface area contributed by atoms with E-state index in [9.17, 15) is 15.0 Å². The number of rotatable bonds is 29. The first-order chi connectivity index (χ1) is 32.8. The van der Waals surface area contributed by atoms with Crippen molar-refractivity contribution in [1.82, 2.24) is 4.90 Å². The van der Waals surface area contributed by atoms with Crippen molar-refractivity contribution < 1.29 is 43.5 Å². The van der Waals surface area contributed by atoms with Crippen LogP contribution >= 0.6 is 0 Å². The Hall–Kier alpha value is -3.90. The molecule has 2 aromatic carbocycles. The lowest BCUT2D eigenvalue weighted by atomic mass is 9.55. The average Bonchev–Trinajstić information content (AvgIpc) is 3.33. The number of amides is 1. The standard InChI is InChI=1S/C56H84N2O9/c1-6-9-10-11-12-13-14-15-16-22-36-63-55(61)58(31-7-2)51-40-49(57-67-52-26-19-23-35-62-52)47-38-43(24-17-20-32-59)46(25-18-21-33-60)53-48-39-45(65-44-28-27-41(4)42(5)37-44)29-30-50(48)66-56(51,54(47)53)64-34-8-3/h8,27-30,37-39,43,46,51-54,59-60H,3,6-7,9-26,31-36,40H2,1-2,4-5H3. The SMILES string of the molecule is C=CCOC12Oc3ccc(Oc4ccc(C)c(C)c4)cc3C3C(CCCCO)C(CCCCO)C=C(C(=NOC4CCCCO4)CC1N(CCC)C(=O)OCCCCCCCCCCCC)C32. The fraction of sp³-hybridized carbons (Fsp3) is 0.679. The van der Waals surface area contributed by atoms with Crippen LogP contribution in [0.25, 0.3) is 0 Å². The number of oxime groups is 1. The Morgan fingerprint density at radius 2 is 1.58 bits per heavy atom. The number of carbonyl (C=O) groups excluding carboxylic acids is 1. The maximum Gasteiger partial charge on any atom is 0.410 e. The van der Waals surface area contributed by atoms with E-state index in [0.29, 0.717) is 56.9 Å². The molecule has 1 saturated carbocycles. The molecule has 7 unspecified atom stereocenters. The van der Waals surface area contributed by atoms with Crippen molar-refractivity contribution in [3.05, 3.63) is 77.4 Å². The van der Waals surface area contributed by atoms with Gasteiger partial charge in [0.05, 0.1) is 31.5 Å². The topological polar surface area (TPSA) is 129 Å². The molecule has 0 spiro atoms. The van der Waals surface area contributed by atoms with Crippen LogP contribution in [0, 0.1) is 31.6 Å². The van der Waals surface area contributed by atoms with Gasteiger partial charge in [-0.1, -0.05) is 108 Å². The second kappa shape index (κ2) is 27.3. The zero-order valence-electron chi connectivity index (χ0n) is 41.5. The molecule has 2 aliphatic carbocycles. The number of benzene rings is 2. The zero-order chi connectivity index (χ0) is 47.4. The summed E-state index contributed by atoms with van der Waals surface area (Å²) in [5, 5.41) is 25.0. The first kappa shape index (κ1) is 52.5. The number of unbranched alkanes of at least 4 members (excludes halogenated alkanes) is 11. The van der Waals surface area contributed by atoms with Crippen molar-refractivity contribution >= 4 is 11.8 Å². The molecule has 1 amide bonds. The third-order valence-corrected chi connectivity index (χ3v) is 14.6. The van der Waals surface area contributed by atoms with Crippen LogP contribution in [-0.4, -0.2) is 84.6 Å². The molecule has 2 heterocycles. The zero-order valence-corrected chi connectivity index (χ0v) is 41.5. The Morgan fingerprint density at radius 3 is 2.27 bits per heavy atom. The van der Waals surface area contributed by atoms with Gasteiger partial charge < -0.3 is 38.7 Å². The van der Waals surface area contributed by atoms with Gasteiger partial charge >= 0.3 is 6.09 Å². The van der Waals surface area contributed by atoms with Gasteiger partial charge in [0.25, 0.3) is 0 Å². The van der Waals surface area contributed by atoms with Crippen LogP contribution in [-0.2, 0) is 19.0 Å². The third-order valence-electron chi connectivity index (χ3n) is 14.6. The number of hydrogen-bond acceptors (Lipinski definition) is 10. The van der Waals surface area contributed by atoms with Crippen molar-refractivity contribution in [2.75, 3.05) is 39.6 Å². The molecule has 2 aliphatic heterocycles. The van der Waals surface area contributed by atoms with Crippen molar-refractivity contribution in [2.24, 2.45) is 22.9 Å². The lowest BCUT2D eigenvalue weighted by Crippen LogP contribution is -2.70. The van der Waals surface area contributed by atoms with Gasteiger partial charge in [-0.25, -0.2) is 4.79 Å². The molecular weight excluding hydrogens is 845 g/mol. The number of nitrogens with zero attached hydrogens (tertiary/aromatic N) is 2. The highest BCUT2D eigenvalue weighted by molar-refractivity contribution is 6.03. The summed E-state index contributed by atoms with van der Waals surface area (Å²) in [7, 11) is 0. The summed E-state index contributed by atoms with van der Waals surface area (Å²) < 4.78 is 33.5. The van der Waals surface area contributed by atoms with Gasteiger partial charge in [0.1, 0.15) is 23.3 Å². The Morgan fingerprint density at radius 1 is 0.866 bits per heavy atom. The number of fused-ring (bicyclic) bond motifs is 2.